The van der Waals surface area contributed by atoms with E-state index in [1.54, 1.807) is 0 Å². The number of hydrogen-bond acceptors (Lipinski definition) is 2. The maximum atomic E-state index is 6.42. The van der Waals surface area contributed by atoms with Crippen molar-refractivity contribution >= 4 is 0 Å². The Labute approximate surface area is 120 Å². The van der Waals surface area contributed by atoms with Gasteiger partial charge in [0.2, 0.25) is 0 Å². The van der Waals surface area contributed by atoms with Gasteiger partial charge >= 0.3 is 0 Å². The van der Waals surface area contributed by atoms with Crippen LogP contribution in [0.25, 0.3) is 0 Å². The van der Waals surface area contributed by atoms with E-state index >= 15 is 0 Å². The highest BCUT2D eigenvalue weighted by molar-refractivity contribution is 4.91. The van der Waals surface area contributed by atoms with Crippen LogP contribution in [0, 0.1) is 23.2 Å². The first-order chi connectivity index (χ1) is 8.77. The fraction of sp³-hybridized carbons (Fsp3) is 1.00. The molecule has 1 aliphatic carbocycles. The van der Waals surface area contributed by atoms with Crippen molar-refractivity contribution < 1.29 is 0 Å². The molecule has 2 N–H and O–H groups in total. The van der Waals surface area contributed by atoms with Crippen molar-refractivity contribution in [2.45, 2.75) is 72.4 Å². The highest BCUT2D eigenvalue weighted by Gasteiger charge is 2.37. The van der Waals surface area contributed by atoms with Crippen LogP contribution in [-0.4, -0.2) is 30.1 Å². The summed E-state index contributed by atoms with van der Waals surface area (Å²) in [6.07, 6.45) is 5.25. The van der Waals surface area contributed by atoms with Crippen molar-refractivity contribution in [1.82, 2.24) is 4.90 Å². The van der Waals surface area contributed by atoms with Gasteiger partial charge in [0, 0.05) is 25.2 Å². The van der Waals surface area contributed by atoms with Gasteiger partial charge in [-0.05, 0) is 55.8 Å². The minimum atomic E-state index is 0.432. The van der Waals surface area contributed by atoms with Gasteiger partial charge < -0.3 is 10.6 Å². The van der Waals surface area contributed by atoms with E-state index in [-0.39, 0.29) is 0 Å². The fourth-order valence-corrected chi connectivity index (χ4v) is 4.23. The summed E-state index contributed by atoms with van der Waals surface area (Å²) in [6, 6.07) is 1.19. The number of nitrogens with two attached hydrogens (primary N) is 1. The standard InChI is InChI=1S/C17H34N2/c1-12-8-13(2)19(10-12)11-14-9-15(17(3,4)5)6-7-16(14)18/h12-16H,6-11,18H2,1-5H3. The molecule has 2 heteroatoms. The Kier molecular flexibility index (Phi) is 4.62. The maximum Gasteiger partial charge on any atom is 0.00795 e. The molecule has 0 bridgehead atoms. The third-order valence-corrected chi connectivity index (χ3v) is 5.65. The summed E-state index contributed by atoms with van der Waals surface area (Å²) in [6.45, 7) is 14.5. The molecule has 0 radical (unpaired) electrons. The lowest BCUT2D eigenvalue weighted by molar-refractivity contribution is 0.0966. The van der Waals surface area contributed by atoms with Gasteiger partial charge in [-0.15, -0.1) is 0 Å². The average Bonchev–Trinajstić information content (AvgIpc) is 2.59. The van der Waals surface area contributed by atoms with E-state index in [0.717, 1.165) is 17.9 Å². The molecular formula is C17H34N2. The summed E-state index contributed by atoms with van der Waals surface area (Å²) in [4.78, 5) is 2.69. The smallest absolute Gasteiger partial charge is 0.00795 e. The Morgan fingerprint density at radius 2 is 1.79 bits per heavy atom. The van der Waals surface area contributed by atoms with Crippen LogP contribution in [0.1, 0.15) is 60.3 Å². The van der Waals surface area contributed by atoms with Crippen LogP contribution >= 0.6 is 0 Å². The molecule has 1 saturated carbocycles. The van der Waals surface area contributed by atoms with Gasteiger partial charge in [-0.3, -0.25) is 0 Å². The maximum absolute atomic E-state index is 6.42. The van der Waals surface area contributed by atoms with Gasteiger partial charge in [0.25, 0.3) is 0 Å². The molecule has 5 atom stereocenters. The van der Waals surface area contributed by atoms with Crippen LogP contribution in [0.2, 0.25) is 0 Å². The molecule has 0 aromatic heterocycles. The van der Waals surface area contributed by atoms with E-state index in [9.17, 15) is 0 Å². The summed E-state index contributed by atoms with van der Waals surface area (Å²) in [5.41, 5.74) is 6.86. The zero-order valence-electron chi connectivity index (χ0n) is 13.7. The topological polar surface area (TPSA) is 29.3 Å². The third kappa shape index (κ3) is 3.72. The Bertz CT molecular complexity index is 294. The van der Waals surface area contributed by atoms with Gasteiger partial charge in [0.05, 0.1) is 0 Å². The van der Waals surface area contributed by atoms with Crippen molar-refractivity contribution in [3.05, 3.63) is 0 Å². The molecule has 2 nitrogen and oxygen atoms in total. The largest absolute Gasteiger partial charge is 0.327 e. The van der Waals surface area contributed by atoms with E-state index in [1.807, 2.05) is 0 Å². The molecule has 1 saturated heterocycles. The first-order valence-electron chi connectivity index (χ1n) is 8.27. The molecule has 19 heavy (non-hydrogen) atoms. The van der Waals surface area contributed by atoms with E-state index in [2.05, 4.69) is 39.5 Å². The lowest BCUT2D eigenvalue weighted by atomic mass is 9.67. The lowest BCUT2D eigenvalue weighted by Gasteiger charge is -2.42. The third-order valence-electron chi connectivity index (χ3n) is 5.65. The molecule has 0 amide bonds. The van der Waals surface area contributed by atoms with Gasteiger partial charge in [-0.2, -0.15) is 0 Å². The Morgan fingerprint density at radius 3 is 2.32 bits per heavy atom. The predicted octanol–water partition coefficient (Wildman–Crippen LogP) is 3.51. The van der Waals surface area contributed by atoms with Crippen LogP contribution in [0.15, 0.2) is 0 Å². The molecule has 2 aliphatic rings. The van der Waals surface area contributed by atoms with Crippen molar-refractivity contribution in [2.75, 3.05) is 13.1 Å². The molecule has 2 fully saturated rings. The minimum absolute atomic E-state index is 0.432. The van der Waals surface area contributed by atoms with Gasteiger partial charge in [0.1, 0.15) is 0 Å². The monoisotopic (exact) mass is 266 g/mol. The van der Waals surface area contributed by atoms with Crippen molar-refractivity contribution in [3.63, 3.8) is 0 Å². The highest BCUT2D eigenvalue weighted by atomic mass is 15.2. The lowest BCUT2D eigenvalue weighted by Crippen LogP contribution is -2.45. The number of nitrogens with zero attached hydrogens (tertiary/aromatic N) is 1. The summed E-state index contributed by atoms with van der Waals surface area (Å²) in [7, 11) is 0. The molecule has 1 aliphatic heterocycles. The summed E-state index contributed by atoms with van der Waals surface area (Å²) >= 11 is 0. The van der Waals surface area contributed by atoms with E-state index < -0.39 is 0 Å². The summed E-state index contributed by atoms with van der Waals surface area (Å²) in [5.74, 6) is 2.44. The molecule has 5 unspecified atom stereocenters. The van der Waals surface area contributed by atoms with Crippen LogP contribution in [0.5, 0.6) is 0 Å². The van der Waals surface area contributed by atoms with Gasteiger partial charge in [0.15, 0.2) is 0 Å². The Morgan fingerprint density at radius 1 is 1.11 bits per heavy atom. The van der Waals surface area contributed by atoms with Crippen LogP contribution < -0.4 is 5.73 Å². The molecular weight excluding hydrogens is 232 g/mol. The number of likely N-dealkylation sites (tertiary alicyclic amines) is 1. The second-order valence-corrected chi connectivity index (χ2v) is 8.44. The second-order valence-electron chi connectivity index (χ2n) is 8.44. The molecule has 112 valence electrons. The Hall–Kier alpha value is -0.0800. The second kappa shape index (κ2) is 5.73. The van der Waals surface area contributed by atoms with Crippen LogP contribution in [0.3, 0.4) is 0 Å². The predicted molar refractivity (Wildman–Crippen MR) is 83.1 cm³/mol. The quantitative estimate of drug-likeness (QED) is 0.829. The van der Waals surface area contributed by atoms with Crippen molar-refractivity contribution in [3.8, 4) is 0 Å². The van der Waals surface area contributed by atoms with E-state index in [1.165, 1.54) is 38.8 Å². The van der Waals surface area contributed by atoms with Crippen LogP contribution in [-0.2, 0) is 0 Å². The van der Waals surface area contributed by atoms with Gasteiger partial charge in [-0.25, -0.2) is 0 Å². The minimum Gasteiger partial charge on any atom is -0.327 e. The normalized spacial score (nSPS) is 41.7. The fourth-order valence-electron chi connectivity index (χ4n) is 4.23. The van der Waals surface area contributed by atoms with Crippen molar-refractivity contribution in [1.29, 1.82) is 0 Å². The molecule has 0 aromatic carbocycles. The highest BCUT2D eigenvalue weighted by Crippen LogP contribution is 2.40. The first kappa shape index (κ1) is 15.3. The van der Waals surface area contributed by atoms with E-state index in [0.29, 0.717) is 17.4 Å². The molecule has 2 rings (SSSR count). The molecule has 0 aromatic rings. The summed E-state index contributed by atoms with van der Waals surface area (Å²) < 4.78 is 0. The Balaban J connectivity index is 1.94. The van der Waals surface area contributed by atoms with Crippen LogP contribution in [0.4, 0.5) is 0 Å². The summed E-state index contributed by atoms with van der Waals surface area (Å²) in [5, 5.41) is 0. The zero-order chi connectivity index (χ0) is 14.2. The van der Waals surface area contributed by atoms with E-state index in [4.69, 9.17) is 5.73 Å². The average molecular weight is 266 g/mol. The number of hydrogen-bond donors (Lipinski definition) is 1. The van der Waals surface area contributed by atoms with Crippen molar-refractivity contribution in [2.24, 2.45) is 28.9 Å². The molecule has 0 spiro atoms. The number of rotatable bonds is 2. The van der Waals surface area contributed by atoms with Gasteiger partial charge in [-0.1, -0.05) is 27.7 Å². The molecule has 1 heterocycles. The SMILES string of the molecule is CC1CC(C)N(CC2CC(C(C)(C)C)CCC2N)C1. The first-order valence-corrected chi connectivity index (χ1v) is 8.27. The zero-order valence-corrected chi connectivity index (χ0v) is 13.7.